The van der Waals surface area contributed by atoms with Crippen molar-refractivity contribution in [2.75, 3.05) is 14.2 Å². The molecule has 1 heterocycles. The van der Waals surface area contributed by atoms with Crippen LogP contribution < -0.4 is 24.6 Å². The highest BCUT2D eigenvalue weighted by atomic mass is 19.2. The van der Waals surface area contributed by atoms with E-state index in [0.717, 1.165) is 6.92 Å². The van der Waals surface area contributed by atoms with Gasteiger partial charge in [0, 0.05) is 17.0 Å². The second-order valence-corrected chi connectivity index (χ2v) is 7.79. The maximum absolute atomic E-state index is 13.9. The van der Waals surface area contributed by atoms with E-state index < -0.39 is 52.5 Å². The number of benzene rings is 3. The van der Waals surface area contributed by atoms with Crippen molar-refractivity contribution in [1.29, 1.82) is 0 Å². The van der Waals surface area contributed by atoms with Gasteiger partial charge in [0.1, 0.15) is 22.8 Å². The second kappa shape index (κ2) is 10.4. The Morgan fingerprint density at radius 1 is 0.789 bits per heavy atom. The Balaban J connectivity index is 1.59. The molecule has 198 valence electrons. The third-order valence-electron chi connectivity index (χ3n) is 5.42. The average Bonchev–Trinajstić information content (AvgIpc) is 2.92. The van der Waals surface area contributed by atoms with Crippen LogP contribution in [0.25, 0.3) is 22.1 Å². The van der Waals surface area contributed by atoms with Crippen LogP contribution in [0, 0.1) is 29.1 Å². The standard InChI is InChI=1S/C26H17F5O7/c1-11(36-24-22(30)20(28)19(27)21(29)23(24)31)25(32)37-14-5-4-12-8-16(26(33)38-18(12)10-14)15-9-13(34-2)6-7-17(15)35-3/h4-11H,1-3H3. The lowest BCUT2D eigenvalue weighted by Crippen LogP contribution is -2.29. The zero-order valence-corrected chi connectivity index (χ0v) is 19.9. The fourth-order valence-electron chi connectivity index (χ4n) is 3.48. The van der Waals surface area contributed by atoms with Gasteiger partial charge < -0.3 is 23.4 Å². The van der Waals surface area contributed by atoms with Crippen LogP contribution in [0.15, 0.2) is 51.7 Å². The van der Waals surface area contributed by atoms with Gasteiger partial charge in [-0.05, 0) is 43.3 Å². The maximum Gasteiger partial charge on any atom is 0.352 e. The number of hydrogen-bond acceptors (Lipinski definition) is 7. The van der Waals surface area contributed by atoms with Crippen LogP contribution in [0.2, 0.25) is 0 Å². The van der Waals surface area contributed by atoms with E-state index in [1.807, 2.05) is 0 Å². The van der Waals surface area contributed by atoms with Gasteiger partial charge >= 0.3 is 11.6 Å². The van der Waals surface area contributed by atoms with Crippen LogP contribution in [0.5, 0.6) is 23.0 Å². The van der Waals surface area contributed by atoms with Gasteiger partial charge in [-0.1, -0.05) is 0 Å². The van der Waals surface area contributed by atoms with E-state index in [1.165, 1.54) is 38.5 Å². The Hall–Kier alpha value is -4.61. The highest BCUT2D eigenvalue weighted by Crippen LogP contribution is 2.34. The summed E-state index contributed by atoms with van der Waals surface area (Å²) in [5, 5.41) is 0.440. The molecule has 38 heavy (non-hydrogen) atoms. The molecule has 0 amide bonds. The fraction of sp³-hybridized carbons (Fsp3) is 0.154. The van der Waals surface area contributed by atoms with Crippen LogP contribution in [0.4, 0.5) is 22.0 Å². The molecule has 0 fully saturated rings. The molecule has 12 heteroatoms. The lowest BCUT2D eigenvalue weighted by atomic mass is 10.0. The molecule has 0 saturated heterocycles. The van der Waals surface area contributed by atoms with Crippen LogP contribution in [-0.4, -0.2) is 26.3 Å². The lowest BCUT2D eigenvalue weighted by molar-refractivity contribution is -0.141. The minimum atomic E-state index is -2.37. The zero-order valence-electron chi connectivity index (χ0n) is 19.9. The first-order valence-corrected chi connectivity index (χ1v) is 10.8. The number of fused-ring (bicyclic) bond motifs is 1. The van der Waals surface area contributed by atoms with E-state index in [1.54, 1.807) is 18.2 Å². The normalized spacial score (nSPS) is 11.8. The summed E-state index contributed by atoms with van der Waals surface area (Å²) in [5.41, 5.74) is -0.130. The summed E-state index contributed by atoms with van der Waals surface area (Å²) in [5.74, 6) is -13.4. The average molecular weight is 536 g/mol. The van der Waals surface area contributed by atoms with Gasteiger partial charge in [-0.15, -0.1) is 0 Å². The summed E-state index contributed by atoms with van der Waals surface area (Å²) in [6, 6.07) is 10.4. The van der Waals surface area contributed by atoms with Crippen LogP contribution in [-0.2, 0) is 4.79 Å². The molecule has 0 radical (unpaired) electrons. The number of carbonyl (C=O) groups excluding carboxylic acids is 1. The molecule has 3 aromatic carbocycles. The molecular weight excluding hydrogens is 519 g/mol. The van der Waals surface area contributed by atoms with Crippen molar-refractivity contribution in [3.05, 3.63) is 82.0 Å². The third-order valence-corrected chi connectivity index (χ3v) is 5.42. The number of rotatable bonds is 7. The molecule has 0 saturated carbocycles. The molecule has 0 aliphatic rings. The second-order valence-electron chi connectivity index (χ2n) is 7.79. The first kappa shape index (κ1) is 26.5. The largest absolute Gasteiger partial charge is 0.497 e. The monoisotopic (exact) mass is 536 g/mol. The summed E-state index contributed by atoms with van der Waals surface area (Å²) in [7, 11) is 2.90. The van der Waals surface area contributed by atoms with E-state index in [9.17, 15) is 31.5 Å². The molecule has 7 nitrogen and oxygen atoms in total. The molecule has 4 rings (SSSR count). The molecular formula is C26H17F5O7. The number of halogens is 5. The minimum absolute atomic E-state index is 0.0271. The number of carbonyl (C=O) groups is 1. The molecule has 0 spiro atoms. The Labute approximate surface area is 210 Å². The van der Waals surface area contributed by atoms with E-state index in [2.05, 4.69) is 4.74 Å². The van der Waals surface area contributed by atoms with Gasteiger partial charge in [0.2, 0.25) is 29.1 Å². The zero-order chi connectivity index (χ0) is 27.7. The molecule has 0 aliphatic heterocycles. The maximum atomic E-state index is 13.9. The molecule has 0 aliphatic carbocycles. The summed E-state index contributed by atoms with van der Waals surface area (Å²) in [6.07, 6.45) is -1.78. The van der Waals surface area contributed by atoms with Gasteiger partial charge in [0.25, 0.3) is 0 Å². The van der Waals surface area contributed by atoms with Crippen LogP contribution in [0.1, 0.15) is 6.92 Å². The van der Waals surface area contributed by atoms with Gasteiger partial charge in [-0.2, -0.15) is 8.78 Å². The quantitative estimate of drug-likeness (QED) is 0.0765. The first-order chi connectivity index (χ1) is 18.0. The Bertz CT molecular complexity index is 1590. The van der Waals surface area contributed by atoms with E-state index in [0.29, 0.717) is 22.4 Å². The van der Waals surface area contributed by atoms with Crippen molar-refractivity contribution < 1.29 is 50.1 Å². The Kier molecular flexibility index (Phi) is 7.24. The first-order valence-electron chi connectivity index (χ1n) is 10.8. The Morgan fingerprint density at radius 2 is 1.42 bits per heavy atom. The van der Waals surface area contributed by atoms with Crippen LogP contribution in [0.3, 0.4) is 0 Å². The number of ether oxygens (including phenoxy) is 4. The van der Waals surface area contributed by atoms with E-state index >= 15 is 0 Å². The molecule has 1 atom stereocenters. The highest BCUT2D eigenvalue weighted by molar-refractivity contribution is 5.85. The summed E-state index contributed by atoms with van der Waals surface area (Å²) >= 11 is 0. The number of esters is 1. The predicted octanol–water partition coefficient (Wildman–Crippen LogP) is 5.55. The van der Waals surface area contributed by atoms with Crippen molar-refractivity contribution in [2.24, 2.45) is 0 Å². The number of hydrogen-bond donors (Lipinski definition) is 0. The third kappa shape index (κ3) is 4.84. The summed E-state index contributed by atoms with van der Waals surface area (Å²) in [4.78, 5) is 25.1. The molecule has 0 bridgehead atoms. The smallest absolute Gasteiger partial charge is 0.352 e. The lowest BCUT2D eigenvalue weighted by Gasteiger charge is -2.16. The fourth-order valence-corrected chi connectivity index (χ4v) is 3.48. The highest BCUT2D eigenvalue weighted by Gasteiger charge is 2.30. The Morgan fingerprint density at radius 3 is 2.05 bits per heavy atom. The summed E-state index contributed by atoms with van der Waals surface area (Å²) in [6.45, 7) is 0.981. The predicted molar refractivity (Wildman–Crippen MR) is 123 cm³/mol. The van der Waals surface area contributed by atoms with Gasteiger partial charge in [-0.3, -0.25) is 0 Å². The van der Waals surface area contributed by atoms with Crippen molar-refractivity contribution in [2.45, 2.75) is 13.0 Å². The minimum Gasteiger partial charge on any atom is -0.497 e. The van der Waals surface area contributed by atoms with Crippen LogP contribution >= 0.6 is 0 Å². The van der Waals surface area contributed by atoms with E-state index in [4.69, 9.17) is 18.6 Å². The topological polar surface area (TPSA) is 84.2 Å². The number of methoxy groups -OCH3 is 2. The molecule has 4 aromatic rings. The van der Waals surface area contributed by atoms with E-state index in [-0.39, 0.29) is 16.9 Å². The van der Waals surface area contributed by atoms with Crippen molar-refractivity contribution in [3.8, 4) is 34.1 Å². The van der Waals surface area contributed by atoms with Gasteiger partial charge in [-0.25, -0.2) is 22.8 Å². The van der Waals surface area contributed by atoms with Gasteiger partial charge in [0.05, 0.1) is 19.8 Å². The molecule has 1 unspecified atom stereocenters. The SMILES string of the molecule is COc1ccc(OC)c(-c2cc3ccc(OC(=O)C(C)Oc4c(F)c(F)c(F)c(F)c4F)cc3oc2=O)c1. The van der Waals surface area contributed by atoms with Crippen molar-refractivity contribution in [1.82, 2.24) is 0 Å². The van der Waals surface area contributed by atoms with Crippen molar-refractivity contribution >= 4 is 16.9 Å². The molecule has 1 aromatic heterocycles. The van der Waals surface area contributed by atoms with Crippen molar-refractivity contribution in [3.63, 3.8) is 0 Å². The summed E-state index contributed by atoms with van der Waals surface area (Å²) < 4.78 is 93.3. The van der Waals surface area contributed by atoms with Gasteiger partial charge in [0.15, 0.2) is 11.9 Å². The molecule has 0 N–H and O–H groups in total.